The number of nitrogens with zero attached hydrogens (tertiary/aromatic N) is 2. The van der Waals surface area contributed by atoms with Gasteiger partial charge in [0.1, 0.15) is 18.2 Å². The predicted molar refractivity (Wildman–Crippen MR) is 88.2 cm³/mol. The molecule has 1 aromatic carbocycles. The minimum atomic E-state index is 0.599. The first kappa shape index (κ1) is 13.7. The average Bonchev–Trinajstić information content (AvgIpc) is 3.16. The molecule has 0 fully saturated rings. The molecular formula is C16H14N2O2S2. The molecule has 1 aliphatic heterocycles. The summed E-state index contributed by atoms with van der Waals surface area (Å²) in [5.41, 5.74) is 3.11. The van der Waals surface area contributed by atoms with Crippen LogP contribution in [0.4, 0.5) is 0 Å². The highest BCUT2D eigenvalue weighted by atomic mass is 32.1. The Balaban J connectivity index is 1.58. The van der Waals surface area contributed by atoms with Crippen LogP contribution in [0.1, 0.15) is 15.7 Å². The Bertz CT molecular complexity index is 810. The van der Waals surface area contributed by atoms with Crippen LogP contribution in [0.3, 0.4) is 0 Å². The molecular weight excluding hydrogens is 316 g/mol. The fourth-order valence-corrected chi connectivity index (χ4v) is 4.02. The molecule has 0 spiro atoms. The van der Waals surface area contributed by atoms with Crippen molar-refractivity contribution in [3.8, 4) is 22.8 Å². The smallest absolute Gasteiger partial charge is 0.162 e. The van der Waals surface area contributed by atoms with Gasteiger partial charge in [-0.3, -0.25) is 0 Å². The molecule has 0 saturated heterocycles. The average molecular weight is 330 g/mol. The summed E-state index contributed by atoms with van der Waals surface area (Å²) in [7, 11) is 0. The molecule has 4 nitrogen and oxygen atoms in total. The molecule has 0 N–H and O–H groups in total. The first-order valence-corrected chi connectivity index (χ1v) is 8.79. The van der Waals surface area contributed by atoms with E-state index in [1.165, 1.54) is 0 Å². The van der Waals surface area contributed by atoms with Crippen molar-refractivity contribution < 1.29 is 9.47 Å². The molecule has 6 heteroatoms. The van der Waals surface area contributed by atoms with E-state index in [0.29, 0.717) is 13.2 Å². The third-order valence-corrected chi connectivity index (χ3v) is 5.17. The number of fused-ring (bicyclic) bond motifs is 1. The van der Waals surface area contributed by atoms with Gasteiger partial charge in [0, 0.05) is 22.0 Å². The van der Waals surface area contributed by atoms with Gasteiger partial charge in [-0.05, 0) is 25.1 Å². The molecule has 0 bridgehead atoms. The van der Waals surface area contributed by atoms with Crippen molar-refractivity contribution in [1.82, 2.24) is 9.97 Å². The summed E-state index contributed by atoms with van der Waals surface area (Å²) in [6, 6.07) is 5.98. The van der Waals surface area contributed by atoms with Crippen LogP contribution in [0.25, 0.3) is 11.3 Å². The summed E-state index contributed by atoms with van der Waals surface area (Å²) in [5, 5.41) is 6.35. The quantitative estimate of drug-likeness (QED) is 0.730. The summed E-state index contributed by atoms with van der Waals surface area (Å²) < 4.78 is 11.2. The van der Waals surface area contributed by atoms with E-state index in [-0.39, 0.29) is 0 Å². The lowest BCUT2D eigenvalue weighted by molar-refractivity contribution is 0.171. The topological polar surface area (TPSA) is 44.2 Å². The molecule has 4 rings (SSSR count). The van der Waals surface area contributed by atoms with Crippen LogP contribution in [0.2, 0.25) is 0 Å². The van der Waals surface area contributed by atoms with E-state index in [1.807, 2.05) is 25.1 Å². The molecule has 3 heterocycles. The zero-order valence-electron chi connectivity index (χ0n) is 12.0. The van der Waals surface area contributed by atoms with E-state index < -0.39 is 0 Å². The second-order valence-electron chi connectivity index (χ2n) is 5.04. The summed E-state index contributed by atoms with van der Waals surface area (Å²) in [6.45, 7) is 3.23. The maximum Gasteiger partial charge on any atom is 0.162 e. The van der Waals surface area contributed by atoms with Crippen molar-refractivity contribution >= 4 is 22.7 Å². The Morgan fingerprint density at radius 2 is 1.77 bits per heavy atom. The maximum atomic E-state index is 5.63. The van der Waals surface area contributed by atoms with Gasteiger partial charge in [0.25, 0.3) is 0 Å². The van der Waals surface area contributed by atoms with Crippen LogP contribution in [0, 0.1) is 6.92 Å². The SMILES string of the molecule is Cc1csc(Cc2nc(-c3ccc4c(c3)OCCO4)cs2)n1. The third kappa shape index (κ3) is 2.71. The minimum Gasteiger partial charge on any atom is -0.486 e. The highest BCUT2D eigenvalue weighted by molar-refractivity contribution is 7.11. The molecule has 2 aromatic heterocycles. The van der Waals surface area contributed by atoms with Crippen molar-refractivity contribution in [1.29, 1.82) is 0 Å². The number of hydrogen-bond acceptors (Lipinski definition) is 6. The molecule has 0 unspecified atom stereocenters. The van der Waals surface area contributed by atoms with Crippen molar-refractivity contribution in [3.63, 3.8) is 0 Å². The van der Waals surface area contributed by atoms with Gasteiger partial charge < -0.3 is 9.47 Å². The normalized spacial score (nSPS) is 13.3. The number of benzene rings is 1. The van der Waals surface area contributed by atoms with Crippen LogP contribution in [-0.2, 0) is 6.42 Å². The van der Waals surface area contributed by atoms with E-state index in [4.69, 9.17) is 14.5 Å². The predicted octanol–water partition coefficient (Wildman–Crippen LogP) is 3.94. The molecule has 0 aliphatic carbocycles. The summed E-state index contributed by atoms with van der Waals surface area (Å²) in [6.07, 6.45) is 0.799. The van der Waals surface area contributed by atoms with Gasteiger partial charge in [0.05, 0.1) is 17.1 Å². The Labute approximate surface area is 136 Å². The molecule has 0 amide bonds. The van der Waals surface area contributed by atoms with Gasteiger partial charge in [-0.2, -0.15) is 0 Å². The maximum absolute atomic E-state index is 5.63. The van der Waals surface area contributed by atoms with Crippen molar-refractivity contribution in [2.45, 2.75) is 13.3 Å². The standard InChI is InChI=1S/C16H14N2O2S2/c1-10-8-21-15(17-10)7-16-18-12(9-22-16)11-2-3-13-14(6-11)20-5-4-19-13/h2-3,6,8-9H,4-5,7H2,1H3. The first-order valence-electron chi connectivity index (χ1n) is 7.03. The zero-order chi connectivity index (χ0) is 14.9. The van der Waals surface area contributed by atoms with Crippen LogP contribution in [0.15, 0.2) is 29.0 Å². The Morgan fingerprint density at radius 3 is 2.59 bits per heavy atom. The van der Waals surface area contributed by atoms with Gasteiger partial charge in [0.2, 0.25) is 0 Å². The fourth-order valence-electron chi connectivity index (χ4n) is 2.34. The first-order chi connectivity index (χ1) is 10.8. The van der Waals surface area contributed by atoms with E-state index >= 15 is 0 Å². The van der Waals surface area contributed by atoms with Gasteiger partial charge in [0.15, 0.2) is 11.5 Å². The highest BCUT2D eigenvalue weighted by Gasteiger charge is 2.14. The van der Waals surface area contributed by atoms with E-state index in [9.17, 15) is 0 Å². The molecule has 0 saturated carbocycles. The Morgan fingerprint density at radius 1 is 1.00 bits per heavy atom. The molecule has 0 atom stereocenters. The highest BCUT2D eigenvalue weighted by Crippen LogP contribution is 2.35. The zero-order valence-corrected chi connectivity index (χ0v) is 13.7. The summed E-state index contributed by atoms with van der Waals surface area (Å²) in [5.74, 6) is 1.61. The van der Waals surface area contributed by atoms with Crippen LogP contribution >= 0.6 is 22.7 Å². The number of hydrogen-bond donors (Lipinski definition) is 0. The van der Waals surface area contributed by atoms with Crippen molar-refractivity contribution in [2.75, 3.05) is 13.2 Å². The van der Waals surface area contributed by atoms with E-state index in [2.05, 4.69) is 15.7 Å². The Hall–Kier alpha value is -1.92. The van der Waals surface area contributed by atoms with Crippen molar-refractivity contribution in [2.24, 2.45) is 0 Å². The number of ether oxygens (including phenoxy) is 2. The summed E-state index contributed by atoms with van der Waals surface area (Å²) >= 11 is 3.36. The molecule has 3 aromatic rings. The Kier molecular flexibility index (Phi) is 3.56. The lowest BCUT2D eigenvalue weighted by Crippen LogP contribution is -2.15. The van der Waals surface area contributed by atoms with Gasteiger partial charge in [-0.15, -0.1) is 22.7 Å². The minimum absolute atomic E-state index is 0.599. The molecule has 112 valence electrons. The fraction of sp³-hybridized carbons (Fsp3) is 0.250. The van der Waals surface area contributed by atoms with Gasteiger partial charge in [-0.1, -0.05) is 0 Å². The monoisotopic (exact) mass is 330 g/mol. The number of rotatable bonds is 3. The van der Waals surface area contributed by atoms with Crippen LogP contribution < -0.4 is 9.47 Å². The molecule has 1 aliphatic rings. The lowest BCUT2D eigenvalue weighted by Gasteiger charge is -2.18. The third-order valence-electron chi connectivity index (χ3n) is 3.36. The number of thiazole rings is 2. The van der Waals surface area contributed by atoms with Crippen LogP contribution in [-0.4, -0.2) is 23.2 Å². The second-order valence-corrected chi connectivity index (χ2v) is 6.93. The van der Waals surface area contributed by atoms with Gasteiger partial charge >= 0.3 is 0 Å². The van der Waals surface area contributed by atoms with E-state index in [0.717, 1.165) is 44.9 Å². The molecule has 22 heavy (non-hydrogen) atoms. The summed E-state index contributed by atoms with van der Waals surface area (Å²) in [4.78, 5) is 9.22. The van der Waals surface area contributed by atoms with Gasteiger partial charge in [-0.25, -0.2) is 9.97 Å². The van der Waals surface area contributed by atoms with Crippen LogP contribution in [0.5, 0.6) is 11.5 Å². The second kappa shape index (κ2) is 5.70. The molecule has 0 radical (unpaired) electrons. The number of aromatic nitrogens is 2. The largest absolute Gasteiger partial charge is 0.486 e. The number of aryl methyl sites for hydroxylation is 1. The van der Waals surface area contributed by atoms with Crippen molar-refractivity contribution in [3.05, 3.63) is 44.7 Å². The lowest BCUT2D eigenvalue weighted by atomic mass is 10.1. The van der Waals surface area contributed by atoms with E-state index in [1.54, 1.807) is 22.7 Å².